The van der Waals surface area contributed by atoms with Gasteiger partial charge < -0.3 is 26.1 Å². The SMILES string of the molecule is CCOC(=O)c1ccc(N=C(N)C(N)=Nc2ccc(C(=O)[O-])c(CC)c2)cc1. The van der Waals surface area contributed by atoms with Crippen LogP contribution in [-0.2, 0) is 11.2 Å². The van der Waals surface area contributed by atoms with Crippen molar-refractivity contribution in [3.05, 3.63) is 59.2 Å². The molecule has 0 fully saturated rings. The molecule has 0 aliphatic carbocycles. The van der Waals surface area contributed by atoms with Gasteiger partial charge in [-0.3, -0.25) is 0 Å². The topological polar surface area (TPSA) is 143 Å². The number of aryl methyl sites for hydroxylation is 1. The van der Waals surface area contributed by atoms with Gasteiger partial charge in [-0.2, -0.15) is 0 Å². The fourth-order valence-corrected chi connectivity index (χ4v) is 2.42. The molecule has 28 heavy (non-hydrogen) atoms. The van der Waals surface area contributed by atoms with Crippen molar-refractivity contribution >= 4 is 35.0 Å². The summed E-state index contributed by atoms with van der Waals surface area (Å²) in [4.78, 5) is 31.1. The minimum atomic E-state index is -1.24. The van der Waals surface area contributed by atoms with Gasteiger partial charge in [-0.15, -0.1) is 0 Å². The Hall–Kier alpha value is -3.68. The molecule has 0 spiro atoms. The highest BCUT2D eigenvalue weighted by atomic mass is 16.5. The van der Waals surface area contributed by atoms with Crippen LogP contribution in [0.1, 0.15) is 40.1 Å². The second-order valence-electron chi connectivity index (χ2n) is 5.74. The van der Waals surface area contributed by atoms with Crippen LogP contribution in [-0.4, -0.2) is 30.2 Å². The van der Waals surface area contributed by atoms with Crippen LogP contribution in [0.3, 0.4) is 0 Å². The number of hydrogen-bond acceptors (Lipinski definition) is 6. The third kappa shape index (κ3) is 5.16. The summed E-state index contributed by atoms with van der Waals surface area (Å²) in [6.07, 6.45) is 0.503. The average Bonchev–Trinajstić information content (AvgIpc) is 2.68. The van der Waals surface area contributed by atoms with E-state index in [2.05, 4.69) is 9.98 Å². The highest BCUT2D eigenvalue weighted by Gasteiger charge is 2.07. The van der Waals surface area contributed by atoms with Crippen molar-refractivity contribution in [1.82, 2.24) is 0 Å². The fraction of sp³-hybridized carbons (Fsp3) is 0.200. The Bertz CT molecular complexity index is 934. The third-order valence-electron chi connectivity index (χ3n) is 3.83. The maximum absolute atomic E-state index is 11.6. The predicted molar refractivity (Wildman–Crippen MR) is 105 cm³/mol. The van der Waals surface area contributed by atoms with Crippen molar-refractivity contribution in [1.29, 1.82) is 0 Å². The lowest BCUT2D eigenvalue weighted by Crippen LogP contribution is -2.30. The fourth-order valence-electron chi connectivity index (χ4n) is 2.42. The molecule has 0 amide bonds. The maximum atomic E-state index is 11.6. The molecule has 0 aromatic heterocycles. The number of nitrogens with two attached hydrogens (primary N) is 2. The molecule has 4 N–H and O–H groups in total. The molecule has 0 saturated heterocycles. The summed E-state index contributed by atoms with van der Waals surface area (Å²) >= 11 is 0. The summed E-state index contributed by atoms with van der Waals surface area (Å²) in [6, 6.07) is 10.9. The Labute approximate surface area is 162 Å². The van der Waals surface area contributed by atoms with Gasteiger partial charge in [0.05, 0.1) is 29.5 Å². The molecular weight excluding hydrogens is 360 g/mol. The predicted octanol–water partition coefficient (Wildman–Crippen LogP) is 1.47. The van der Waals surface area contributed by atoms with Crippen LogP contribution in [0, 0.1) is 0 Å². The van der Waals surface area contributed by atoms with E-state index in [0.717, 1.165) is 0 Å². The number of ether oxygens (including phenoxy) is 1. The van der Waals surface area contributed by atoms with Gasteiger partial charge in [-0.1, -0.05) is 13.0 Å². The van der Waals surface area contributed by atoms with Gasteiger partial charge in [0.1, 0.15) is 0 Å². The van der Waals surface area contributed by atoms with Gasteiger partial charge in [0.15, 0.2) is 11.7 Å². The molecule has 0 saturated carbocycles. The lowest BCUT2D eigenvalue weighted by molar-refractivity contribution is -0.255. The van der Waals surface area contributed by atoms with Crippen molar-refractivity contribution in [2.45, 2.75) is 20.3 Å². The van der Waals surface area contributed by atoms with Crippen molar-refractivity contribution in [3.63, 3.8) is 0 Å². The van der Waals surface area contributed by atoms with Gasteiger partial charge in [0.2, 0.25) is 0 Å². The molecule has 0 unspecified atom stereocenters. The number of carboxylic acids is 1. The number of benzene rings is 2. The number of rotatable bonds is 6. The van der Waals surface area contributed by atoms with Gasteiger partial charge in [-0.25, -0.2) is 14.8 Å². The van der Waals surface area contributed by atoms with Crippen molar-refractivity contribution in [2.24, 2.45) is 21.5 Å². The Morgan fingerprint density at radius 2 is 1.54 bits per heavy atom. The van der Waals surface area contributed by atoms with Crippen LogP contribution in [0.4, 0.5) is 11.4 Å². The number of aromatic carboxylic acids is 1. The maximum Gasteiger partial charge on any atom is 0.338 e. The number of hydrogen-bond donors (Lipinski definition) is 2. The third-order valence-corrected chi connectivity index (χ3v) is 3.83. The lowest BCUT2D eigenvalue weighted by Gasteiger charge is -2.09. The summed E-state index contributed by atoms with van der Waals surface area (Å²) in [5, 5.41) is 11.1. The lowest BCUT2D eigenvalue weighted by atomic mass is 10.0. The largest absolute Gasteiger partial charge is 0.545 e. The minimum Gasteiger partial charge on any atom is -0.545 e. The zero-order valence-electron chi connectivity index (χ0n) is 15.6. The average molecular weight is 381 g/mol. The Kier molecular flexibility index (Phi) is 6.86. The minimum absolute atomic E-state index is 0.00842. The smallest absolute Gasteiger partial charge is 0.338 e. The van der Waals surface area contributed by atoms with Crippen molar-refractivity contribution < 1.29 is 19.4 Å². The first-order valence-electron chi connectivity index (χ1n) is 8.65. The summed E-state index contributed by atoms with van der Waals surface area (Å²) in [6.45, 7) is 3.85. The van der Waals surface area contributed by atoms with E-state index in [9.17, 15) is 14.7 Å². The van der Waals surface area contributed by atoms with E-state index < -0.39 is 11.9 Å². The highest BCUT2D eigenvalue weighted by Crippen LogP contribution is 2.19. The number of esters is 1. The Morgan fingerprint density at radius 3 is 2.07 bits per heavy atom. The van der Waals surface area contributed by atoms with E-state index in [4.69, 9.17) is 16.2 Å². The van der Waals surface area contributed by atoms with Crippen molar-refractivity contribution in [2.75, 3.05) is 6.61 Å². The van der Waals surface area contributed by atoms with Crippen LogP contribution in [0.15, 0.2) is 52.4 Å². The van der Waals surface area contributed by atoms with E-state index >= 15 is 0 Å². The molecule has 0 atom stereocenters. The Balaban J connectivity index is 2.22. The van der Waals surface area contributed by atoms with Crippen LogP contribution in [0.5, 0.6) is 0 Å². The Morgan fingerprint density at radius 1 is 0.964 bits per heavy atom. The summed E-state index contributed by atoms with van der Waals surface area (Å²) < 4.78 is 4.92. The quantitative estimate of drug-likeness (QED) is 0.440. The highest BCUT2D eigenvalue weighted by molar-refractivity contribution is 6.40. The van der Waals surface area contributed by atoms with E-state index in [-0.39, 0.29) is 17.2 Å². The monoisotopic (exact) mass is 381 g/mol. The summed E-state index contributed by atoms with van der Waals surface area (Å²) in [5.41, 5.74) is 13.8. The number of carbonyl (C=O) groups excluding carboxylic acids is 2. The van der Waals surface area contributed by atoms with Crippen LogP contribution in [0.2, 0.25) is 0 Å². The van der Waals surface area contributed by atoms with Crippen LogP contribution >= 0.6 is 0 Å². The van der Waals surface area contributed by atoms with Crippen LogP contribution < -0.4 is 16.6 Å². The van der Waals surface area contributed by atoms with Gasteiger partial charge >= 0.3 is 5.97 Å². The molecule has 2 aromatic rings. The molecule has 2 rings (SSSR count). The molecule has 0 bridgehead atoms. The summed E-state index contributed by atoms with van der Waals surface area (Å²) in [5.74, 6) is -1.69. The van der Waals surface area contributed by atoms with Gasteiger partial charge in [0, 0.05) is 5.56 Å². The van der Waals surface area contributed by atoms with E-state index in [0.29, 0.717) is 35.5 Å². The first kappa shape index (κ1) is 20.6. The zero-order valence-corrected chi connectivity index (χ0v) is 15.6. The van der Waals surface area contributed by atoms with E-state index in [1.807, 2.05) is 6.92 Å². The molecule has 0 aliphatic rings. The molecule has 8 heteroatoms. The van der Waals surface area contributed by atoms with Crippen molar-refractivity contribution in [3.8, 4) is 0 Å². The molecular formula is C20H21N4O4-. The first-order chi connectivity index (χ1) is 13.3. The number of amidine groups is 2. The molecule has 0 radical (unpaired) electrons. The first-order valence-corrected chi connectivity index (χ1v) is 8.65. The van der Waals surface area contributed by atoms with Gasteiger partial charge in [0.25, 0.3) is 0 Å². The number of nitrogens with zero attached hydrogens (tertiary/aromatic N) is 2. The number of carbonyl (C=O) groups is 2. The van der Waals surface area contributed by atoms with E-state index in [1.165, 1.54) is 12.1 Å². The molecule has 0 aliphatic heterocycles. The van der Waals surface area contributed by atoms with E-state index in [1.54, 1.807) is 37.3 Å². The second-order valence-corrected chi connectivity index (χ2v) is 5.74. The summed E-state index contributed by atoms with van der Waals surface area (Å²) in [7, 11) is 0. The van der Waals surface area contributed by atoms with Crippen LogP contribution in [0.25, 0.3) is 0 Å². The standard InChI is InChI=1S/C20H22N4O4/c1-3-12-11-15(9-10-16(12)19(25)26)24-18(22)17(21)23-14-7-5-13(6-8-14)20(27)28-4-2/h5-11H,3-4H2,1-2H3,(H2,21,23)(H2,22,24)(H,25,26)/p-1. The second kappa shape index (κ2) is 9.31. The normalized spacial score (nSPS) is 11.9. The zero-order chi connectivity index (χ0) is 20.7. The molecule has 2 aromatic carbocycles. The number of carboxylic acid groups (broad SMARTS) is 1. The van der Waals surface area contributed by atoms with Gasteiger partial charge in [-0.05, 0) is 55.3 Å². The number of aliphatic imine (C=N–C) groups is 2. The molecule has 146 valence electrons. The molecule has 0 heterocycles. The molecule has 8 nitrogen and oxygen atoms in total.